The van der Waals surface area contributed by atoms with Crippen molar-refractivity contribution in [2.75, 3.05) is 24.2 Å². The molecule has 1 aliphatic rings. The van der Waals surface area contributed by atoms with Gasteiger partial charge in [0.15, 0.2) is 0 Å². The van der Waals surface area contributed by atoms with Crippen LogP contribution >= 0.6 is 23.2 Å². The third kappa shape index (κ3) is 2.50. The number of hydrogen-bond acceptors (Lipinski definition) is 2. The van der Waals surface area contributed by atoms with Gasteiger partial charge < -0.3 is 10.6 Å². The van der Waals surface area contributed by atoms with Crippen LogP contribution in [0.5, 0.6) is 0 Å². The fourth-order valence-electron chi connectivity index (χ4n) is 1.67. The van der Waals surface area contributed by atoms with Crippen molar-refractivity contribution in [1.82, 2.24) is 0 Å². The molecular weight excluding hydrogens is 231 g/mol. The van der Waals surface area contributed by atoms with Gasteiger partial charge in [-0.1, -0.05) is 23.2 Å². The smallest absolute Gasteiger partial charge is 0.0614 e. The van der Waals surface area contributed by atoms with Crippen molar-refractivity contribution in [3.63, 3.8) is 0 Å². The first-order valence-corrected chi connectivity index (χ1v) is 5.79. The predicted octanol–water partition coefficient (Wildman–Crippen LogP) is 3.42. The number of anilines is 2. The second kappa shape index (κ2) is 4.11. The summed E-state index contributed by atoms with van der Waals surface area (Å²) < 4.78 is 0. The van der Waals surface area contributed by atoms with Crippen LogP contribution in [0.3, 0.4) is 0 Å². The molecule has 1 aromatic carbocycles. The van der Waals surface area contributed by atoms with Crippen molar-refractivity contribution < 1.29 is 0 Å². The van der Waals surface area contributed by atoms with Crippen molar-refractivity contribution in [1.29, 1.82) is 0 Å². The summed E-state index contributed by atoms with van der Waals surface area (Å²) in [5.74, 6) is 0.823. The molecular formula is C11H14Cl2N2. The highest BCUT2D eigenvalue weighted by Gasteiger charge is 2.23. The van der Waals surface area contributed by atoms with Crippen molar-refractivity contribution >= 4 is 34.6 Å². The van der Waals surface area contributed by atoms with E-state index in [0.29, 0.717) is 15.7 Å². The van der Waals surface area contributed by atoms with E-state index in [-0.39, 0.29) is 0 Å². The van der Waals surface area contributed by atoms with Crippen LogP contribution in [0.2, 0.25) is 10.0 Å². The summed E-state index contributed by atoms with van der Waals surface area (Å²) in [6.07, 6.45) is 2.65. The molecule has 0 aromatic heterocycles. The fourth-order valence-corrected chi connectivity index (χ4v) is 2.00. The molecule has 2 N–H and O–H groups in total. The Labute approximate surface area is 100.0 Å². The molecule has 1 aliphatic carbocycles. The van der Waals surface area contributed by atoms with Gasteiger partial charge in [0, 0.05) is 13.6 Å². The molecule has 0 spiro atoms. The van der Waals surface area contributed by atoms with Crippen molar-refractivity contribution in [3.8, 4) is 0 Å². The Hall–Kier alpha value is -0.600. The van der Waals surface area contributed by atoms with E-state index in [0.717, 1.165) is 18.2 Å². The Bertz CT molecular complexity index is 375. The van der Waals surface area contributed by atoms with E-state index in [2.05, 4.69) is 4.90 Å². The predicted molar refractivity (Wildman–Crippen MR) is 66.9 cm³/mol. The first kappa shape index (κ1) is 10.9. The van der Waals surface area contributed by atoms with Crippen LogP contribution in [0.15, 0.2) is 12.1 Å². The molecule has 1 aromatic rings. The van der Waals surface area contributed by atoms with Crippen LogP contribution in [-0.2, 0) is 0 Å². The highest BCUT2D eigenvalue weighted by atomic mass is 35.5. The fraction of sp³-hybridized carbons (Fsp3) is 0.455. The van der Waals surface area contributed by atoms with Gasteiger partial charge >= 0.3 is 0 Å². The number of nitrogens with zero attached hydrogens (tertiary/aromatic N) is 1. The monoisotopic (exact) mass is 244 g/mol. The first-order valence-electron chi connectivity index (χ1n) is 5.03. The summed E-state index contributed by atoms with van der Waals surface area (Å²) in [5.41, 5.74) is 7.56. The number of halogens is 2. The summed E-state index contributed by atoms with van der Waals surface area (Å²) in [6.45, 7) is 1.04. The van der Waals surface area contributed by atoms with E-state index in [1.165, 1.54) is 12.8 Å². The molecule has 0 atom stereocenters. The van der Waals surface area contributed by atoms with Crippen LogP contribution < -0.4 is 10.6 Å². The van der Waals surface area contributed by atoms with Crippen LogP contribution in [-0.4, -0.2) is 13.6 Å². The van der Waals surface area contributed by atoms with Crippen LogP contribution in [0.4, 0.5) is 11.4 Å². The number of nitrogens with two attached hydrogens (primary N) is 1. The second-order valence-corrected chi connectivity index (χ2v) is 4.96. The van der Waals surface area contributed by atoms with Crippen molar-refractivity contribution in [3.05, 3.63) is 22.2 Å². The van der Waals surface area contributed by atoms with Gasteiger partial charge in [0.1, 0.15) is 0 Å². The largest absolute Gasteiger partial charge is 0.397 e. The maximum absolute atomic E-state index is 5.97. The zero-order valence-electron chi connectivity index (χ0n) is 8.63. The zero-order valence-corrected chi connectivity index (χ0v) is 10.1. The van der Waals surface area contributed by atoms with E-state index in [4.69, 9.17) is 28.9 Å². The second-order valence-electron chi connectivity index (χ2n) is 4.15. The molecule has 1 fully saturated rings. The summed E-state index contributed by atoms with van der Waals surface area (Å²) in [5, 5.41) is 1.07. The first-order chi connectivity index (χ1) is 7.08. The molecule has 0 heterocycles. The minimum atomic E-state index is 0.512. The number of hydrogen-bond donors (Lipinski definition) is 1. The summed E-state index contributed by atoms with van der Waals surface area (Å²) in [6, 6.07) is 3.55. The molecule has 0 saturated heterocycles. The molecule has 4 heteroatoms. The lowest BCUT2D eigenvalue weighted by Crippen LogP contribution is -2.21. The maximum atomic E-state index is 5.97. The Balaban J connectivity index is 2.21. The molecule has 2 rings (SSSR count). The van der Waals surface area contributed by atoms with E-state index < -0.39 is 0 Å². The lowest BCUT2D eigenvalue weighted by molar-refractivity contribution is 0.788. The molecule has 0 aliphatic heterocycles. The topological polar surface area (TPSA) is 29.3 Å². The lowest BCUT2D eigenvalue weighted by Gasteiger charge is -2.21. The van der Waals surface area contributed by atoms with Crippen LogP contribution in [0, 0.1) is 5.92 Å². The Morgan fingerprint density at radius 1 is 1.33 bits per heavy atom. The molecule has 0 unspecified atom stereocenters. The molecule has 2 nitrogen and oxygen atoms in total. The minimum absolute atomic E-state index is 0.512. The van der Waals surface area contributed by atoms with Crippen LogP contribution in [0.25, 0.3) is 0 Å². The van der Waals surface area contributed by atoms with Gasteiger partial charge in [-0.3, -0.25) is 0 Å². The zero-order chi connectivity index (χ0) is 11.0. The average Bonchev–Trinajstić information content (AvgIpc) is 2.95. The number of nitrogen functional groups attached to an aromatic ring is 1. The molecule has 0 radical (unpaired) electrons. The minimum Gasteiger partial charge on any atom is -0.397 e. The Kier molecular flexibility index (Phi) is 2.98. The number of rotatable bonds is 3. The standard InChI is InChI=1S/C11H14Cl2N2/c1-15(6-7-2-3-7)11-5-9(13)8(12)4-10(11)14/h4-5,7H,2-3,6,14H2,1H3. The van der Waals surface area contributed by atoms with Crippen molar-refractivity contribution in [2.24, 2.45) is 5.92 Å². The molecule has 82 valence electrons. The normalized spacial score (nSPS) is 15.4. The van der Waals surface area contributed by atoms with Crippen molar-refractivity contribution in [2.45, 2.75) is 12.8 Å². The van der Waals surface area contributed by atoms with Gasteiger partial charge in [-0.2, -0.15) is 0 Å². The lowest BCUT2D eigenvalue weighted by atomic mass is 10.2. The third-order valence-electron chi connectivity index (χ3n) is 2.71. The van der Waals surface area contributed by atoms with E-state index in [1.807, 2.05) is 13.1 Å². The van der Waals surface area contributed by atoms with Gasteiger partial charge in [-0.05, 0) is 30.9 Å². The number of benzene rings is 1. The molecule has 1 saturated carbocycles. The Morgan fingerprint density at radius 3 is 2.53 bits per heavy atom. The molecule has 0 bridgehead atoms. The molecule has 15 heavy (non-hydrogen) atoms. The van der Waals surface area contributed by atoms with Gasteiger partial charge in [0.2, 0.25) is 0 Å². The van der Waals surface area contributed by atoms with E-state index in [1.54, 1.807) is 6.07 Å². The highest BCUT2D eigenvalue weighted by Crippen LogP contribution is 2.35. The van der Waals surface area contributed by atoms with Gasteiger partial charge in [0.25, 0.3) is 0 Å². The third-order valence-corrected chi connectivity index (χ3v) is 3.43. The molecule has 0 amide bonds. The quantitative estimate of drug-likeness (QED) is 0.826. The SMILES string of the molecule is CN(CC1CC1)c1cc(Cl)c(Cl)cc1N. The van der Waals surface area contributed by atoms with Gasteiger partial charge in [-0.25, -0.2) is 0 Å². The van der Waals surface area contributed by atoms with E-state index >= 15 is 0 Å². The summed E-state index contributed by atoms with van der Waals surface area (Å²) in [7, 11) is 2.04. The summed E-state index contributed by atoms with van der Waals surface area (Å²) in [4.78, 5) is 2.15. The van der Waals surface area contributed by atoms with Crippen LogP contribution in [0.1, 0.15) is 12.8 Å². The van der Waals surface area contributed by atoms with Gasteiger partial charge in [0.05, 0.1) is 21.4 Å². The highest BCUT2D eigenvalue weighted by molar-refractivity contribution is 6.42. The average molecular weight is 245 g/mol. The summed E-state index contributed by atoms with van der Waals surface area (Å²) >= 11 is 11.8. The van der Waals surface area contributed by atoms with E-state index in [9.17, 15) is 0 Å². The van der Waals surface area contributed by atoms with Gasteiger partial charge in [-0.15, -0.1) is 0 Å². The Morgan fingerprint density at radius 2 is 1.93 bits per heavy atom. The maximum Gasteiger partial charge on any atom is 0.0614 e.